The third-order valence-electron chi connectivity index (χ3n) is 4.57. The minimum absolute atomic E-state index is 0.283. The number of fused-ring (bicyclic) bond motifs is 3. The first-order chi connectivity index (χ1) is 13.0. The maximum atomic E-state index is 6.44. The van der Waals surface area contributed by atoms with Crippen molar-refractivity contribution in [2.24, 2.45) is 0 Å². The number of rotatable bonds is 3. The fourth-order valence-electron chi connectivity index (χ4n) is 3.33. The van der Waals surface area contributed by atoms with Gasteiger partial charge >= 0.3 is 0 Å². The van der Waals surface area contributed by atoms with E-state index in [1.165, 1.54) is 0 Å². The molecular weight excluding hydrogens is 366 g/mol. The number of hydrogen-bond acceptors (Lipinski definition) is 6. The van der Waals surface area contributed by atoms with Gasteiger partial charge in [-0.1, -0.05) is 23.7 Å². The van der Waals surface area contributed by atoms with Gasteiger partial charge in [-0.25, -0.2) is 9.97 Å². The summed E-state index contributed by atoms with van der Waals surface area (Å²) < 4.78 is 12.5. The Bertz CT molecular complexity index is 1180. The van der Waals surface area contributed by atoms with E-state index >= 15 is 0 Å². The van der Waals surface area contributed by atoms with Gasteiger partial charge in [0.15, 0.2) is 17.3 Å². The summed E-state index contributed by atoms with van der Waals surface area (Å²) in [6.45, 7) is 1.96. The molecule has 0 fully saturated rings. The second kappa shape index (κ2) is 6.21. The van der Waals surface area contributed by atoms with Crippen LogP contribution in [0.5, 0.6) is 11.5 Å². The number of aromatic nitrogens is 3. The van der Waals surface area contributed by atoms with Crippen LogP contribution < -0.4 is 20.9 Å². The molecule has 2 heterocycles. The van der Waals surface area contributed by atoms with Gasteiger partial charge in [0.1, 0.15) is 11.2 Å². The first-order valence-electron chi connectivity index (χ1n) is 8.21. The Morgan fingerprint density at radius 2 is 1.74 bits per heavy atom. The molecule has 0 aliphatic heterocycles. The van der Waals surface area contributed by atoms with Crippen molar-refractivity contribution in [2.75, 3.05) is 25.7 Å². The van der Waals surface area contributed by atoms with E-state index in [1.54, 1.807) is 30.8 Å². The average molecular weight is 384 g/mol. The predicted molar refractivity (Wildman–Crippen MR) is 108 cm³/mol. The third kappa shape index (κ3) is 2.50. The van der Waals surface area contributed by atoms with Crippen LogP contribution in [0.3, 0.4) is 0 Å². The monoisotopic (exact) mass is 383 g/mol. The van der Waals surface area contributed by atoms with E-state index in [0.717, 1.165) is 11.1 Å². The molecule has 0 spiro atoms. The topological polar surface area (TPSA) is 101 Å². The van der Waals surface area contributed by atoms with Crippen LogP contribution in [-0.4, -0.2) is 28.6 Å². The van der Waals surface area contributed by atoms with Crippen LogP contribution in [0.1, 0.15) is 5.56 Å². The van der Waals surface area contributed by atoms with Crippen LogP contribution in [0.2, 0.25) is 5.02 Å². The number of nitrogen functional groups attached to an aromatic ring is 2. The Balaban J connectivity index is 2.16. The molecule has 0 saturated carbocycles. The fourth-order valence-corrected chi connectivity index (χ4v) is 3.64. The first kappa shape index (κ1) is 17.2. The number of nitrogens with two attached hydrogens (primary N) is 2. The minimum Gasteiger partial charge on any atom is -0.493 e. The summed E-state index contributed by atoms with van der Waals surface area (Å²) in [5, 5.41) is 0.571. The van der Waals surface area contributed by atoms with Gasteiger partial charge in [0.25, 0.3) is 0 Å². The number of hydrogen-bond donors (Lipinski definition) is 2. The number of halogens is 1. The van der Waals surface area contributed by atoms with Crippen LogP contribution in [0, 0.1) is 6.92 Å². The van der Waals surface area contributed by atoms with E-state index in [9.17, 15) is 0 Å². The highest BCUT2D eigenvalue weighted by Crippen LogP contribution is 2.39. The van der Waals surface area contributed by atoms with Crippen molar-refractivity contribution in [1.29, 1.82) is 0 Å². The molecule has 138 valence electrons. The summed E-state index contributed by atoms with van der Waals surface area (Å²) in [6, 6.07) is 9.21. The molecule has 4 N–H and O–H groups in total. The number of nitrogens with zero attached hydrogens (tertiary/aromatic N) is 3. The standard InChI is InChI=1S/C19H18ClN5O2/c1-9-5-4-6-10(20)15(9)16-17-18(21)23-11-7-13(26-2)14(27-3)8-12(11)25(17)19(22)24-16/h4-8H,1-3H3,(H2,21,23)(H2,22,24). The van der Waals surface area contributed by atoms with Gasteiger partial charge in [0.2, 0.25) is 5.95 Å². The molecule has 0 unspecified atom stereocenters. The summed E-state index contributed by atoms with van der Waals surface area (Å²) in [6.07, 6.45) is 0. The van der Waals surface area contributed by atoms with E-state index in [4.69, 9.17) is 32.5 Å². The van der Waals surface area contributed by atoms with Gasteiger partial charge in [-0.2, -0.15) is 0 Å². The van der Waals surface area contributed by atoms with Crippen molar-refractivity contribution < 1.29 is 9.47 Å². The van der Waals surface area contributed by atoms with Gasteiger partial charge in [-0.15, -0.1) is 0 Å². The first-order valence-corrected chi connectivity index (χ1v) is 8.58. The summed E-state index contributed by atoms with van der Waals surface area (Å²) in [7, 11) is 3.14. The number of aryl methyl sites for hydroxylation is 1. The number of ether oxygens (including phenoxy) is 2. The van der Waals surface area contributed by atoms with Gasteiger partial charge in [0.05, 0.1) is 30.3 Å². The molecule has 8 heteroatoms. The van der Waals surface area contributed by atoms with Gasteiger partial charge < -0.3 is 20.9 Å². The zero-order valence-electron chi connectivity index (χ0n) is 15.1. The summed E-state index contributed by atoms with van der Waals surface area (Å²) >= 11 is 6.44. The molecule has 0 aliphatic carbocycles. The van der Waals surface area contributed by atoms with Crippen LogP contribution in [0.25, 0.3) is 27.8 Å². The largest absolute Gasteiger partial charge is 0.493 e. The maximum Gasteiger partial charge on any atom is 0.206 e. The molecule has 0 amide bonds. The molecule has 0 radical (unpaired) electrons. The molecule has 27 heavy (non-hydrogen) atoms. The molecule has 0 aliphatic rings. The molecule has 0 saturated heterocycles. The van der Waals surface area contributed by atoms with Gasteiger partial charge in [-0.3, -0.25) is 4.40 Å². The fraction of sp³-hybridized carbons (Fsp3) is 0.158. The summed E-state index contributed by atoms with van der Waals surface area (Å²) in [5.74, 6) is 1.69. The Kier molecular flexibility index (Phi) is 3.96. The molecule has 2 aromatic heterocycles. The molecule has 4 rings (SSSR count). The summed E-state index contributed by atoms with van der Waals surface area (Å²) in [4.78, 5) is 9.08. The molecule has 7 nitrogen and oxygen atoms in total. The van der Waals surface area contributed by atoms with E-state index in [0.29, 0.717) is 44.6 Å². The number of anilines is 2. The second-order valence-electron chi connectivity index (χ2n) is 6.13. The highest BCUT2D eigenvalue weighted by atomic mass is 35.5. The minimum atomic E-state index is 0.283. The normalized spacial score (nSPS) is 11.3. The molecule has 4 aromatic rings. The third-order valence-corrected chi connectivity index (χ3v) is 4.88. The smallest absolute Gasteiger partial charge is 0.206 e. The predicted octanol–water partition coefficient (Wildman–Crippen LogP) is 3.69. The van der Waals surface area contributed by atoms with E-state index < -0.39 is 0 Å². The van der Waals surface area contributed by atoms with Crippen molar-refractivity contribution in [3.05, 3.63) is 40.9 Å². The molecule has 0 atom stereocenters. The number of benzene rings is 2. The molecule has 2 aromatic carbocycles. The zero-order valence-corrected chi connectivity index (χ0v) is 15.8. The van der Waals surface area contributed by atoms with Crippen LogP contribution in [0.4, 0.5) is 11.8 Å². The Morgan fingerprint density at radius 3 is 2.41 bits per heavy atom. The molecule has 0 bridgehead atoms. The van der Waals surface area contributed by atoms with Crippen LogP contribution >= 0.6 is 11.6 Å². The number of methoxy groups -OCH3 is 2. The van der Waals surface area contributed by atoms with E-state index in [2.05, 4.69) is 9.97 Å². The van der Waals surface area contributed by atoms with E-state index in [-0.39, 0.29) is 5.95 Å². The van der Waals surface area contributed by atoms with Gasteiger partial charge in [-0.05, 0) is 18.6 Å². The summed E-state index contributed by atoms with van der Waals surface area (Å²) in [5.41, 5.74) is 16.8. The lowest BCUT2D eigenvalue weighted by atomic mass is 10.0. The van der Waals surface area contributed by atoms with Crippen molar-refractivity contribution in [3.63, 3.8) is 0 Å². The SMILES string of the molecule is COc1cc2nc(N)c3c(-c4c(C)cccc4Cl)nc(N)n3c2cc1OC. The van der Waals surface area contributed by atoms with Crippen molar-refractivity contribution in [3.8, 4) is 22.8 Å². The number of imidazole rings is 1. The van der Waals surface area contributed by atoms with Crippen molar-refractivity contribution >= 4 is 39.9 Å². The Hall–Kier alpha value is -3.19. The van der Waals surface area contributed by atoms with E-state index in [1.807, 2.05) is 25.1 Å². The average Bonchev–Trinajstić information content (AvgIpc) is 2.98. The highest BCUT2D eigenvalue weighted by Gasteiger charge is 2.21. The van der Waals surface area contributed by atoms with Crippen molar-refractivity contribution in [1.82, 2.24) is 14.4 Å². The van der Waals surface area contributed by atoms with Crippen LogP contribution in [0.15, 0.2) is 30.3 Å². The van der Waals surface area contributed by atoms with Crippen molar-refractivity contribution in [2.45, 2.75) is 6.92 Å². The highest BCUT2D eigenvalue weighted by molar-refractivity contribution is 6.33. The van der Waals surface area contributed by atoms with Crippen LogP contribution in [-0.2, 0) is 0 Å². The Morgan fingerprint density at radius 1 is 1.04 bits per heavy atom. The zero-order chi connectivity index (χ0) is 19.3. The lowest BCUT2D eigenvalue weighted by molar-refractivity contribution is 0.355. The maximum absolute atomic E-state index is 6.44. The van der Waals surface area contributed by atoms with Gasteiger partial charge in [0, 0.05) is 17.7 Å². The second-order valence-corrected chi connectivity index (χ2v) is 6.53. The molecular formula is C19H18ClN5O2. The Labute approximate surface area is 160 Å². The lowest BCUT2D eigenvalue weighted by Crippen LogP contribution is -2.02. The quantitative estimate of drug-likeness (QED) is 0.559. The lowest BCUT2D eigenvalue weighted by Gasteiger charge is -2.12.